The Kier molecular flexibility index (Phi) is 13.2. The van der Waals surface area contributed by atoms with Crippen molar-refractivity contribution in [2.45, 2.75) is 12.8 Å². The van der Waals surface area contributed by atoms with Crippen molar-refractivity contribution in [1.29, 1.82) is 0 Å². The van der Waals surface area contributed by atoms with Crippen LogP contribution in [0.5, 0.6) is 17.2 Å². The number of carbonyl (C=O) groups excluding carboxylic acids is 2. The fourth-order valence-corrected chi connectivity index (χ4v) is 4.17. The lowest BCUT2D eigenvalue weighted by Crippen LogP contribution is -2.23. The number of hydrogen-bond acceptors (Lipinski definition) is 8. The second kappa shape index (κ2) is 17.3. The average molecular weight is 574 g/mol. The molecule has 0 radical (unpaired) electrons. The summed E-state index contributed by atoms with van der Waals surface area (Å²) in [5.74, 6) is 0.697. The van der Waals surface area contributed by atoms with E-state index in [0.717, 1.165) is 35.3 Å². The minimum Gasteiger partial charge on any atom is -0.493 e. The molecule has 0 saturated carbocycles. The minimum atomic E-state index is -0.432. The number of ether oxygens (including phenoxy) is 5. The molecular weight excluding hydrogens is 534 g/mol. The molecule has 0 aliphatic heterocycles. The van der Waals surface area contributed by atoms with Crippen LogP contribution in [-0.4, -0.2) is 71.5 Å². The Labute approximate surface area is 248 Å². The molecule has 0 N–H and O–H groups in total. The monoisotopic (exact) mass is 573 g/mol. The molecule has 0 fully saturated rings. The highest BCUT2D eigenvalue weighted by Crippen LogP contribution is 2.38. The molecule has 0 unspecified atom stereocenters. The van der Waals surface area contributed by atoms with Gasteiger partial charge in [-0.05, 0) is 66.4 Å². The van der Waals surface area contributed by atoms with Gasteiger partial charge in [0.1, 0.15) is 0 Å². The van der Waals surface area contributed by atoms with Crippen LogP contribution in [0.4, 0.5) is 0 Å². The van der Waals surface area contributed by atoms with Crippen LogP contribution in [0, 0.1) is 0 Å². The third-order valence-corrected chi connectivity index (χ3v) is 6.39. The van der Waals surface area contributed by atoms with Crippen LogP contribution in [0.25, 0.3) is 23.3 Å². The van der Waals surface area contributed by atoms with Gasteiger partial charge < -0.3 is 28.6 Å². The number of rotatable bonds is 16. The first-order chi connectivity index (χ1) is 20.4. The third kappa shape index (κ3) is 10.4. The van der Waals surface area contributed by atoms with Crippen LogP contribution < -0.4 is 14.2 Å². The van der Waals surface area contributed by atoms with Gasteiger partial charge in [0.15, 0.2) is 11.5 Å². The Morgan fingerprint density at radius 2 is 1.17 bits per heavy atom. The summed E-state index contributed by atoms with van der Waals surface area (Å²) in [6.07, 6.45) is 7.60. The van der Waals surface area contributed by atoms with Crippen molar-refractivity contribution in [3.8, 4) is 28.4 Å². The predicted molar refractivity (Wildman–Crippen MR) is 165 cm³/mol. The van der Waals surface area contributed by atoms with Crippen LogP contribution in [0.2, 0.25) is 0 Å². The molecule has 42 heavy (non-hydrogen) atoms. The summed E-state index contributed by atoms with van der Waals surface area (Å²) >= 11 is 0. The van der Waals surface area contributed by atoms with E-state index in [1.807, 2.05) is 49.5 Å². The highest BCUT2D eigenvalue weighted by atomic mass is 16.5. The second-order valence-electron chi connectivity index (χ2n) is 9.46. The highest BCUT2D eigenvalue weighted by molar-refractivity contribution is 5.88. The molecule has 0 aliphatic rings. The van der Waals surface area contributed by atoms with Crippen molar-refractivity contribution >= 4 is 24.1 Å². The molecular formula is C34H39NO7. The standard InChI is InChI=1S/C34H39NO7/c1-35(21-9-23-42-33(37)19-15-27-24-30(38-2)34(40-4)31(25-27)39-3)20-8-22-41-32(36)18-14-26-12-16-29(17-13-26)28-10-6-5-7-11-28/h5-7,10-19,24-25H,8-9,20-23H2,1-4H3/b18-14+,19-15+. The predicted octanol–water partition coefficient (Wildman–Crippen LogP) is 5.90. The summed E-state index contributed by atoms with van der Waals surface area (Å²) in [6, 6.07) is 21.7. The van der Waals surface area contributed by atoms with E-state index >= 15 is 0 Å². The fourth-order valence-electron chi connectivity index (χ4n) is 4.17. The molecule has 0 heterocycles. The van der Waals surface area contributed by atoms with Gasteiger partial charge in [0.2, 0.25) is 5.75 Å². The first kappa shape index (κ1) is 32.0. The molecule has 3 aromatic rings. The van der Waals surface area contributed by atoms with Crippen LogP contribution in [0.1, 0.15) is 24.0 Å². The van der Waals surface area contributed by atoms with Gasteiger partial charge >= 0.3 is 11.9 Å². The Hall–Kier alpha value is -4.56. The average Bonchev–Trinajstić information content (AvgIpc) is 3.03. The van der Waals surface area contributed by atoms with Crippen LogP contribution >= 0.6 is 0 Å². The normalized spacial score (nSPS) is 11.2. The van der Waals surface area contributed by atoms with Crippen molar-refractivity contribution < 1.29 is 33.3 Å². The number of methoxy groups -OCH3 is 3. The first-order valence-corrected chi connectivity index (χ1v) is 13.8. The molecule has 0 spiro atoms. The van der Waals surface area contributed by atoms with Crippen LogP contribution in [0.15, 0.2) is 78.9 Å². The first-order valence-electron chi connectivity index (χ1n) is 13.8. The quantitative estimate of drug-likeness (QED) is 0.119. The zero-order valence-electron chi connectivity index (χ0n) is 24.7. The summed E-state index contributed by atoms with van der Waals surface area (Å²) in [7, 11) is 6.59. The lowest BCUT2D eigenvalue weighted by atomic mass is 10.0. The molecule has 3 rings (SSSR count). The summed E-state index contributed by atoms with van der Waals surface area (Å²) in [6.45, 7) is 2.14. The lowest BCUT2D eigenvalue weighted by molar-refractivity contribution is -0.138. The number of carbonyl (C=O) groups is 2. The SMILES string of the molecule is COc1cc(/C=C/C(=O)OCCCN(C)CCCOC(=O)/C=C/c2ccc(-c3ccccc3)cc2)cc(OC)c1OC. The summed E-state index contributed by atoms with van der Waals surface area (Å²) in [4.78, 5) is 26.3. The molecule has 0 bridgehead atoms. The lowest BCUT2D eigenvalue weighted by Gasteiger charge is -2.16. The molecule has 8 heteroatoms. The molecule has 0 atom stereocenters. The zero-order valence-corrected chi connectivity index (χ0v) is 24.7. The van der Waals surface area contributed by atoms with Gasteiger partial charge in [-0.15, -0.1) is 0 Å². The van der Waals surface area contributed by atoms with Crippen molar-refractivity contribution in [3.05, 3.63) is 90.0 Å². The molecule has 3 aromatic carbocycles. The maximum absolute atomic E-state index is 12.1. The van der Waals surface area contributed by atoms with Gasteiger partial charge in [0.25, 0.3) is 0 Å². The van der Waals surface area contributed by atoms with E-state index in [0.29, 0.717) is 43.3 Å². The molecule has 222 valence electrons. The van der Waals surface area contributed by atoms with Crippen LogP contribution in [0.3, 0.4) is 0 Å². The van der Waals surface area contributed by atoms with Gasteiger partial charge in [-0.3, -0.25) is 0 Å². The maximum atomic E-state index is 12.1. The van der Waals surface area contributed by atoms with Gasteiger partial charge in [-0.25, -0.2) is 9.59 Å². The van der Waals surface area contributed by atoms with E-state index in [1.165, 1.54) is 33.5 Å². The number of esters is 2. The maximum Gasteiger partial charge on any atom is 0.330 e. The summed E-state index contributed by atoms with van der Waals surface area (Å²) in [5, 5.41) is 0. The molecule has 0 aromatic heterocycles. The van der Waals surface area contributed by atoms with Gasteiger partial charge in [0, 0.05) is 25.2 Å². The minimum absolute atomic E-state index is 0.300. The van der Waals surface area contributed by atoms with E-state index in [4.69, 9.17) is 23.7 Å². The molecule has 0 saturated heterocycles. The topological polar surface area (TPSA) is 83.5 Å². The molecule has 0 amide bonds. The van der Waals surface area contributed by atoms with Crippen molar-refractivity contribution in [2.24, 2.45) is 0 Å². The fraction of sp³-hybridized carbons (Fsp3) is 0.294. The smallest absolute Gasteiger partial charge is 0.330 e. The third-order valence-electron chi connectivity index (χ3n) is 6.39. The van der Waals surface area contributed by atoms with Crippen molar-refractivity contribution in [1.82, 2.24) is 4.90 Å². The van der Waals surface area contributed by atoms with Crippen molar-refractivity contribution in [2.75, 3.05) is 54.7 Å². The van der Waals surface area contributed by atoms with E-state index < -0.39 is 5.97 Å². The van der Waals surface area contributed by atoms with E-state index in [1.54, 1.807) is 24.3 Å². The number of nitrogens with zero attached hydrogens (tertiary/aromatic N) is 1. The van der Waals surface area contributed by atoms with Gasteiger partial charge in [-0.1, -0.05) is 54.6 Å². The van der Waals surface area contributed by atoms with Crippen molar-refractivity contribution in [3.63, 3.8) is 0 Å². The molecule has 8 nitrogen and oxygen atoms in total. The number of benzene rings is 3. The van der Waals surface area contributed by atoms with E-state index in [9.17, 15) is 9.59 Å². The molecule has 0 aliphatic carbocycles. The Bertz CT molecular complexity index is 1310. The second-order valence-corrected chi connectivity index (χ2v) is 9.46. The van der Waals surface area contributed by atoms with Crippen LogP contribution in [-0.2, 0) is 19.1 Å². The van der Waals surface area contributed by atoms with E-state index in [-0.39, 0.29) is 5.97 Å². The Morgan fingerprint density at radius 3 is 1.67 bits per heavy atom. The highest BCUT2D eigenvalue weighted by Gasteiger charge is 2.12. The van der Waals surface area contributed by atoms with E-state index in [2.05, 4.69) is 17.0 Å². The number of hydrogen-bond donors (Lipinski definition) is 0. The van der Waals surface area contributed by atoms with Gasteiger partial charge in [0.05, 0.1) is 34.5 Å². The Morgan fingerprint density at radius 1 is 0.667 bits per heavy atom. The largest absolute Gasteiger partial charge is 0.493 e. The summed E-state index contributed by atoms with van der Waals surface area (Å²) < 4.78 is 26.6. The summed E-state index contributed by atoms with van der Waals surface area (Å²) in [5.41, 5.74) is 3.93. The Balaban J connectivity index is 1.28. The van der Waals surface area contributed by atoms with Gasteiger partial charge in [-0.2, -0.15) is 0 Å². The zero-order chi connectivity index (χ0) is 30.2.